The van der Waals surface area contributed by atoms with E-state index in [0.717, 1.165) is 56.3 Å². The van der Waals surface area contributed by atoms with E-state index in [4.69, 9.17) is 16.3 Å². The van der Waals surface area contributed by atoms with Crippen molar-refractivity contribution in [2.75, 3.05) is 33.8 Å². The molecule has 0 aromatic heterocycles. The van der Waals surface area contributed by atoms with Crippen LogP contribution in [0.3, 0.4) is 0 Å². The number of likely N-dealkylation sites (tertiary alicyclic amines) is 1. The Labute approximate surface area is 208 Å². The van der Waals surface area contributed by atoms with Crippen molar-refractivity contribution in [3.8, 4) is 0 Å². The molecular weight excluding hydrogens is 448 g/mol. The smallest absolute Gasteiger partial charge is 0.316 e. The molecule has 1 unspecified atom stereocenters. The number of likely N-dealkylation sites (N-methyl/N-ethyl adjacent to an activating group) is 1. The molecule has 1 N–H and O–H groups in total. The van der Waals surface area contributed by atoms with Gasteiger partial charge in [-0.15, -0.1) is 0 Å². The molecule has 2 aliphatic rings. The molecule has 1 heterocycles. The van der Waals surface area contributed by atoms with Crippen LogP contribution >= 0.6 is 11.6 Å². The number of ketones is 1. The minimum absolute atomic E-state index is 0.0655. The number of carbonyl (C=O) groups is 2. The molecule has 1 saturated carbocycles. The molecule has 1 atom stereocenters. The number of ether oxygens (including phenoxy) is 1. The highest BCUT2D eigenvalue weighted by molar-refractivity contribution is 6.31. The Morgan fingerprint density at radius 3 is 2.26 bits per heavy atom. The van der Waals surface area contributed by atoms with Gasteiger partial charge in [-0.25, -0.2) is 0 Å². The van der Waals surface area contributed by atoms with Gasteiger partial charge in [0.05, 0.1) is 12.0 Å². The predicted octanol–water partition coefficient (Wildman–Crippen LogP) is 5.11. The number of carbonyl (C=O) groups excluding carboxylic acids is 2. The molecule has 0 radical (unpaired) electrons. The monoisotopic (exact) mass is 484 g/mol. The van der Waals surface area contributed by atoms with Crippen LogP contribution in [0.4, 0.5) is 0 Å². The first-order chi connectivity index (χ1) is 16.4. The SMILES string of the molecule is CCOC(=O)C1(c2ccccc2)CCN(C)CC1.CNC1(c2ccccc2Cl)CCCCC1=O. The molecule has 2 fully saturated rings. The number of esters is 1. The number of halogens is 1. The lowest BCUT2D eigenvalue weighted by molar-refractivity contribution is -0.152. The Morgan fingerprint density at radius 1 is 1.03 bits per heavy atom. The zero-order chi connectivity index (χ0) is 24.6. The van der Waals surface area contributed by atoms with E-state index in [0.29, 0.717) is 18.1 Å². The van der Waals surface area contributed by atoms with Gasteiger partial charge in [-0.2, -0.15) is 0 Å². The fraction of sp³-hybridized carbons (Fsp3) is 0.500. The number of nitrogens with zero attached hydrogens (tertiary/aromatic N) is 1. The molecule has 5 nitrogen and oxygen atoms in total. The molecule has 0 spiro atoms. The van der Waals surface area contributed by atoms with Crippen LogP contribution in [-0.2, 0) is 25.3 Å². The average molecular weight is 485 g/mol. The zero-order valence-electron chi connectivity index (χ0n) is 20.6. The lowest BCUT2D eigenvalue weighted by Gasteiger charge is -2.38. The summed E-state index contributed by atoms with van der Waals surface area (Å²) in [6, 6.07) is 17.7. The van der Waals surface area contributed by atoms with Gasteiger partial charge >= 0.3 is 5.97 Å². The molecule has 34 heavy (non-hydrogen) atoms. The first kappa shape index (κ1) is 26.4. The number of hydrogen-bond acceptors (Lipinski definition) is 5. The lowest BCUT2D eigenvalue weighted by atomic mass is 9.73. The molecule has 1 aliphatic heterocycles. The molecule has 4 rings (SSSR count). The van der Waals surface area contributed by atoms with Crippen molar-refractivity contribution in [2.45, 2.75) is 56.4 Å². The van der Waals surface area contributed by atoms with Crippen LogP contribution < -0.4 is 5.32 Å². The number of hydrogen-bond donors (Lipinski definition) is 1. The van der Waals surface area contributed by atoms with Gasteiger partial charge in [0.15, 0.2) is 5.78 Å². The summed E-state index contributed by atoms with van der Waals surface area (Å²) in [5.41, 5.74) is 1.01. The average Bonchev–Trinajstić information content (AvgIpc) is 2.87. The van der Waals surface area contributed by atoms with E-state index in [-0.39, 0.29) is 11.8 Å². The summed E-state index contributed by atoms with van der Waals surface area (Å²) in [6.07, 6.45) is 5.22. The Morgan fingerprint density at radius 2 is 1.68 bits per heavy atom. The number of piperidine rings is 1. The summed E-state index contributed by atoms with van der Waals surface area (Å²) in [5, 5.41) is 3.86. The molecule has 2 aromatic rings. The molecule has 1 saturated heterocycles. The van der Waals surface area contributed by atoms with Crippen molar-refractivity contribution in [3.63, 3.8) is 0 Å². The summed E-state index contributed by atoms with van der Waals surface area (Å²) in [7, 11) is 3.94. The predicted molar refractivity (Wildman–Crippen MR) is 137 cm³/mol. The van der Waals surface area contributed by atoms with E-state index in [9.17, 15) is 9.59 Å². The maximum atomic E-state index is 12.4. The van der Waals surface area contributed by atoms with Crippen molar-refractivity contribution in [1.29, 1.82) is 0 Å². The quantitative estimate of drug-likeness (QED) is 0.597. The molecular formula is C28H37ClN2O3. The van der Waals surface area contributed by atoms with Crippen LogP contribution in [-0.4, -0.2) is 50.4 Å². The van der Waals surface area contributed by atoms with Crippen molar-refractivity contribution in [3.05, 3.63) is 70.7 Å². The van der Waals surface area contributed by atoms with Crippen molar-refractivity contribution in [1.82, 2.24) is 10.2 Å². The van der Waals surface area contributed by atoms with Gasteiger partial charge < -0.3 is 15.0 Å². The van der Waals surface area contributed by atoms with Crippen molar-refractivity contribution in [2.24, 2.45) is 0 Å². The Balaban J connectivity index is 0.000000192. The first-order valence-corrected chi connectivity index (χ1v) is 12.7. The molecule has 0 bridgehead atoms. The Hall–Kier alpha value is -2.21. The third kappa shape index (κ3) is 5.54. The van der Waals surface area contributed by atoms with Gasteiger partial charge in [0.2, 0.25) is 0 Å². The summed E-state index contributed by atoms with van der Waals surface area (Å²) < 4.78 is 5.32. The molecule has 1 aliphatic carbocycles. The fourth-order valence-electron chi connectivity index (χ4n) is 5.16. The number of benzene rings is 2. The van der Waals surface area contributed by atoms with Crippen molar-refractivity contribution < 1.29 is 14.3 Å². The summed E-state index contributed by atoms with van der Waals surface area (Å²) in [5.74, 6) is 0.193. The fourth-order valence-corrected chi connectivity index (χ4v) is 5.45. The largest absolute Gasteiger partial charge is 0.465 e. The van der Waals surface area contributed by atoms with E-state index in [1.165, 1.54) is 0 Å². The number of rotatable bonds is 5. The van der Waals surface area contributed by atoms with Gasteiger partial charge in [-0.05, 0) is 77.0 Å². The van der Waals surface area contributed by atoms with Gasteiger partial charge in [-0.1, -0.05) is 66.6 Å². The summed E-state index contributed by atoms with van der Waals surface area (Å²) in [6.45, 7) is 4.19. The second kappa shape index (κ2) is 12.0. The van der Waals surface area contributed by atoms with Crippen LogP contribution in [0, 0.1) is 0 Å². The summed E-state index contributed by atoms with van der Waals surface area (Å²) in [4.78, 5) is 26.8. The van der Waals surface area contributed by atoms with E-state index in [1.54, 1.807) is 0 Å². The maximum absolute atomic E-state index is 12.4. The second-order valence-electron chi connectivity index (χ2n) is 9.24. The molecule has 6 heteroatoms. The van der Waals surface area contributed by atoms with Crippen molar-refractivity contribution >= 4 is 23.4 Å². The lowest BCUT2D eigenvalue weighted by Crippen LogP contribution is -2.49. The van der Waals surface area contributed by atoms with E-state index < -0.39 is 11.0 Å². The highest BCUT2D eigenvalue weighted by atomic mass is 35.5. The van der Waals surface area contributed by atoms with E-state index in [2.05, 4.69) is 17.3 Å². The van der Waals surface area contributed by atoms with E-state index >= 15 is 0 Å². The van der Waals surface area contributed by atoms with E-state index in [1.807, 2.05) is 68.6 Å². The van der Waals surface area contributed by atoms with Crippen LogP contribution in [0.25, 0.3) is 0 Å². The third-order valence-electron chi connectivity index (χ3n) is 7.28. The molecule has 2 aromatic carbocycles. The summed E-state index contributed by atoms with van der Waals surface area (Å²) >= 11 is 6.20. The van der Waals surface area contributed by atoms with Gasteiger partial charge in [-0.3, -0.25) is 9.59 Å². The highest BCUT2D eigenvalue weighted by Crippen LogP contribution is 2.38. The van der Waals surface area contributed by atoms with Crippen LogP contribution in [0.15, 0.2) is 54.6 Å². The minimum Gasteiger partial charge on any atom is -0.465 e. The zero-order valence-corrected chi connectivity index (χ0v) is 21.4. The molecule has 184 valence electrons. The minimum atomic E-state index is -0.559. The van der Waals surface area contributed by atoms with Gasteiger partial charge in [0.1, 0.15) is 5.54 Å². The Bertz CT molecular complexity index is 957. The van der Waals surface area contributed by atoms with Gasteiger partial charge in [0.25, 0.3) is 0 Å². The first-order valence-electron chi connectivity index (χ1n) is 12.3. The highest BCUT2D eigenvalue weighted by Gasteiger charge is 2.43. The van der Waals surface area contributed by atoms with Crippen LogP contribution in [0.5, 0.6) is 0 Å². The number of Topliss-reactive ketones (excluding diaryl/α,β-unsaturated/α-hetero) is 1. The topological polar surface area (TPSA) is 58.6 Å². The Kier molecular flexibility index (Phi) is 9.29. The standard InChI is InChI=1S/C15H21NO2.C13H16ClNO/c1-3-18-14(17)15(9-11-16(2)12-10-15)13-7-5-4-6-8-13;1-15-13(9-5-4-8-12(13)16)10-6-2-3-7-11(10)14/h4-8H,3,9-12H2,1-2H3;2-3,6-7,15H,4-5,8-9H2,1H3. The second-order valence-corrected chi connectivity index (χ2v) is 9.64. The number of nitrogens with one attached hydrogen (secondary N) is 1. The molecule has 0 amide bonds. The third-order valence-corrected chi connectivity index (χ3v) is 7.60. The normalized spacial score (nSPS) is 22.4. The van der Waals surface area contributed by atoms with Crippen LogP contribution in [0.1, 0.15) is 56.6 Å². The van der Waals surface area contributed by atoms with Gasteiger partial charge in [0, 0.05) is 11.4 Å². The maximum Gasteiger partial charge on any atom is 0.316 e. The van der Waals surface area contributed by atoms with Crippen LogP contribution in [0.2, 0.25) is 5.02 Å².